The van der Waals surface area contributed by atoms with Crippen LogP contribution in [0.15, 0.2) is 0 Å². The van der Waals surface area contributed by atoms with Gasteiger partial charge in [-0.1, -0.05) is 19.3 Å². The van der Waals surface area contributed by atoms with Crippen molar-refractivity contribution in [1.82, 2.24) is 9.03 Å². The Morgan fingerprint density at radius 2 is 1.68 bits per heavy atom. The lowest BCUT2D eigenvalue weighted by Crippen LogP contribution is -2.49. The van der Waals surface area contributed by atoms with E-state index in [0.717, 1.165) is 12.8 Å². The maximum Gasteiger partial charge on any atom is 0.318 e. The standard InChI is InChI=1S/C12H22N2O4S/c15-11(16)10-13-19(17,18)14-8-6-12(7-9-14)4-2-1-3-5-12/h13H,1-10H2,(H,15,16). The molecule has 0 aromatic heterocycles. The maximum absolute atomic E-state index is 11.9. The molecule has 1 aliphatic carbocycles. The average Bonchev–Trinajstić information content (AvgIpc) is 2.38. The van der Waals surface area contributed by atoms with E-state index in [-0.39, 0.29) is 0 Å². The van der Waals surface area contributed by atoms with E-state index in [1.54, 1.807) is 0 Å². The number of nitrogens with one attached hydrogen (secondary N) is 1. The molecule has 2 rings (SSSR count). The summed E-state index contributed by atoms with van der Waals surface area (Å²) < 4.78 is 27.3. The molecule has 19 heavy (non-hydrogen) atoms. The van der Waals surface area contributed by atoms with Gasteiger partial charge < -0.3 is 5.11 Å². The third kappa shape index (κ3) is 3.67. The number of aliphatic carboxylic acids is 1. The molecular weight excluding hydrogens is 268 g/mol. The number of carboxylic acids is 1. The molecule has 0 aromatic rings. The van der Waals surface area contributed by atoms with E-state index >= 15 is 0 Å². The fourth-order valence-electron chi connectivity index (χ4n) is 3.25. The van der Waals surface area contributed by atoms with Crippen molar-refractivity contribution in [1.29, 1.82) is 0 Å². The van der Waals surface area contributed by atoms with E-state index in [0.29, 0.717) is 18.5 Å². The fraction of sp³-hybridized carbons (Fsp3) is 0.917. The summed E-state index contributed by atoms with van der Waals surface area (Å²) >= 11 is 0. The largest absolute Gasteiger partial charge is 0.480 e. The van der Waals surface area contributed by atoms with Crippen molar-refractivity contribution in [3.63, 3.8) is 0 Å². The Hall–Kier alpha value is -0.660. The van der Waals surface area contributed by atoms with E-state index in [1.165, 1.54) is 36.4 Å². The minimum Gasteiger partial charge on any atom is -0.480 e. The molecule has 1 saturated heterocycles. The van der Waals surface area contributed by atoms with Crippen molar-refractivity contribution in [2.75, 3.05) is 19.6 Å². The van der Waals surface area contributed by atoms with Gasteiger partial charge in [0, 0.05) is 13.1 Å². The van der Waals surface area contributed by atoms with Crippen molar-refractivity contribution in [2.24, 2.45) is 5.41 Å². The highest BCUT2D eigenvalue weighted by atomic mass is 32.2. The summed E-state index contributed by atoms with van der Waals surface area (Å²) in [4.78, 5) is 10.4. The van der Waals surface area contributed by atoms with E-state index in [9.17, 15) is 13.2 Å². The summed E-state index contributed by atoms with van der Waals surface area (Å²) in [7, 11) is -3.63. The third-order valence-corrected chi connectivity index (χ3v) is 6.00. The van der Waals surface area contributed by atoms with Gasteiger partial charge in [0.05, 0.1) is 0 Å². The van der Waals surface area contributed by atoms with Crippen LogP contribution in [0.25, 0.3) is 0 Å². The summed E-state index contributed by atoms with van der Waals surface area (Å²) in [6, 6.07) is 0. The molecule has 110 valence electrons. The SMILES string of the molecule is O=C(O)CNS(=O)(=O)N1CCC2(CCCCC2)CC1. The van der Waals surface area contributed by atoms with Crippen LogP contribution < -0.4 is 4.72 Å². The van der Waals surface area contributed by atoms with Crippen molar-refractivity contribution < 1.29 is 18.3 Å². The molecule has 0 atom stereocenters. The Bertz CT molecular complexity index is 419. The number of rotatable bonds is 4. The molecule has 1 heterocycles. The van der Waals surface area contributed by atoms with Gasteiger partial charge in [-0.15, -0.1) is 0 Å². The molecule has 0 bridgehead atoms. The molecule has 2 aliphatic rings. The normalized spacial score (nSPS) is 24.4. The van der Waals surface area contributed by atoms with Gasteiger partial charge in [0.15, 0.2) is 0 Å². The van der Waals surface area contributed by atoms with Gasteiger partial charge in [-0.3, -0.25) is 4.79 Å². The van der Waals surface area contributed by atoms with Crippen LogP contribution in [0.4, 0.5) is 0 Å². The van der Waals surface area contributed by atoms with E-state index < -0.39 is 22.7 Å². The number of piperidine rings is 1. The smallest absolute Gasteiger partial charge is 0.318 e. The Morgan fingerprint density at radius 1 is 1.11 bits per heavy atom. The first kappa shape index (κ1) is 14.7. The highest BCUT2D eigenvalue weighted by Crippen LogP contribution is 2.44. The quantitative estimate of drug-likeness (QED) is 0.807. The molecule has 0 amide bonds. The second kappa shape index (κ2) is 5.76. The summed E-state index contributed by atoms with van der Waals surface area (Å²) in [5.41, 5.74) is 0.344. The van der Waals surface area contributed by atoms with Crippen LogP contribution in [0.5, 0.6) is 0 Å². The molecule has 2 N–H and O–H groups in total. The Labute approximate surface area is 114 Å². The van der Waals surface area contributed by atoms with Crippen molar-refractivity contribution in [3.05, 3.63) is 0 Å². The van der Waals surface area contributed by atoms with Crippen LogP contribution >= 0.6 is 0 Å². The predicted molar refractivity (Wildman–Crippen MR) is 70.9 cm³/mol. The molecule has 1 aliphatic heterocycles. The zero-order chi connectivity index (χ0) is 13.9. The average molecular weight is 290 g/mol. The van der Waals surface area contributed by atoms with Gasteiger partial charge in [-0.05, 0) is 31.1 Å². The first-order chi connectivity index (χ1) is 8.94. The molecule has 2 fully saturated rings. The van der Waals surface area contributed by atoms with Crippen molar-refractivity contribution >= 4 is 16.2 Å². The molecule has 1 saturated carbocycles. The summed E-state index contributed by atoms with van der Waals surface area (Å²) in [5, 5.41) is 8.53. The molecule has 1 spiro atoms. The van der Waals surface area contributed by atoms with Crippen molar-refractivity contribution in [3.8, 4) is 0 Å². The van der Waals surface area contributed by atoms with E-state index in [2.05, 4.69) is 4.72 Å². The first-order valence-electron chi connectivity index (χ1n) is 6.90. The van der Waals surface area contributed by atoms with Gasteiger partial charge in [0.1, 0.15) is 6.54 Å². The molecule has 0 unspecified atom stereocenters. The number of nitrogens with zero attached hydrogens (tertiary/aromatic N) is 1. The molecule has 0 aromatic carbocycles. The second-order valence-electron chi connectivity index (χ2n) is 5.68. The van der Waals surface area contributed by atoms with Crippen molar-refractivity contribution in [2.45, 2.75) is 44.9 Å². The highest BCUT2D eigenvalue weighted by molar-refractivity contribution is 7.87. The minimum atomic E-state index is -3.63. The molecule has 0 radical (unpaired) electrons. The second-order valence-corrected chi connectivity index (χ2v) is 7.43. The van der Waals surface area contributed by atoms with Gasteiger partial charge in [0.2, 0.25) is 0 Å². The van der Waals surface area contributed by atoms with Gasteiger partial charge in [0.25, 0.3) is 10.2 Å². The summed E-state index contributed by atoms with van der Waals surface area (Å²) in [5.74, 6) is -1.16. The summed E-state index contributed by atoms with van der Waals surface area (Å²) in [6.45, 7) is 0.466. The van der Waals surface area contributed by atoms with Crippen LogP contribution in [-0.4, -0.2) is 43.4 Å². The number of carbonyl (C=O) groups is 1. The van der Waals surface area contributed by atoms with Gasteiger partial charge >= 0.3 is 5.97 Å². The monoisotopic (exact) mass is 290 g/mol. The van der Waals surface area contributed by atoms with Crippen LogP contribution in [0.3, 0.4) is 0 Å². The maximum atomic E-state index is 11.9. The van der Waals surface area contributed by atoms with E-state index in [1.807, 2.05) is 0 Å². The topological polar surface area (TPSA) is 86.7 Å². The number of hydrogen-bond donors (Lipinski definition) is 2. The van der Waals surface area contributed by atoms with Gasteiger partial charge in [-0.2, -0.15) is 17.4 Å². The number of hydrogen-bond acceptors (Lipinski definition) is 3. The lowest BCUT2D eigenvalue weighted by atomic mass is 9.68. The molecule has 7 heteroatoms. The fourth-order valence-corrected chi connectivity index (χ4v) is 4.40. The minimum absolute atomic E-state index is 0.344. The highest BCUT2D eigenvalue weighted by Gasteiger charge is 2.38. The third-order valence-electron chi connectivity index (χ3n) is 4.44. The Kier molecular flexibility index (Phi) is 4.47. The predicted octanol–water partition coefficient (Wildman–Crippen LogP) is 0.952. The van der Waals surface area contributed by atoms with Gasteiger partial charge in [-0.25, -0.2) is 0 Å². The number of carboxylic acid groups (broad SMARTS) is 1. The lowest BCUT2D eigenvalue weighted by molar-refractivity contribution is -0.135. The first-order valence-corrected chi connectivity index (χ1v) is 8.34. The summed E-state index contributed by atoms with van der Waals surface area (Å²) in [6.07, 6.45) is 8.03. The van der Waals surface area contributed by atoms with Crippen LogP contribution in [0.2, 0.25) is 0 Å². The Morgan fingerprint density at radius 3 is 2.21 bits per heavy atom. The zero-order valence-corrected chi connectivity index (χ0v) is 11.9. The van der Waals surface area contributed by atoms with Crippen LogP contribution in [-0.2, 0) is 15.0 Å². The van der Waals surface area contributed by atoms with Crippen LogP contribution in [0, 0.1) is 5.41 Å². The lowest BCUT2D eigenvalue weighted by Gasteiger charge is -2.43. The zero-order valence-electron chi connectivity index (χ0n) is 11.1. The Balaban J connectivity index is 1.90. The van der Waals surface area contributed by atoms with E-state index in [4.69, 9.17) is 5.11 Å². The molecule has 6 nitrogen and oxygen atoms in total. The van der Waals surface area contributed by atoms with Crippen LogP contribution in [0.1, 0.15) is 44.9 Å². The molecular formula is C12H22N2O4S.